The lowest BCUT2D eigenvalue weighted by atomic mass is 9.49. The zero-order valence-corrected chi connectivity index (χ0v) is 72.9. The molecule has 10 rings (SSSR count). The topological polar surface area (TPSA) is 106 Å². The first-order valence-corrected chi connectivity index (χ1v) is 49.2. The molecule has 0 aromatic heterocycles. The van der Waals surface area contributed by atoms with Gasteiger partial charge in [0.2, 0.25) is 5.91 Å². The van der Waals surface area contributed by atoms with Crippen molar-refractivity contribution in [3.05, 3.63) is 129 Å². The van der Waals surface area contributed by atoms with Crippen LogP contribution in [-0.4, -0.2) is 103 Å². The molecule has 17 atom stereocenters. The molecule has 10 aliphatic carbocycles. The normalized spacial score (nSPS) is 34.8. The Balaban J connectivity index is 0.000000225. The van der Waals surface area contributed by atoms with E-state index in [1.165, 1.54) is 78.4 Å². The third kappa shape index (κ3) is 18.8. The van der Waals surface area contributed by atoms with Gasteiger partial charge in [-0.3, -0.25) is 4.79 Å². The van der Waals surface area contributed by atoms with Crippen LogP contribution in [0.25, 0.3) is 0 Å². The van der Waals surface area contributed by atoms with Gasteiger partial charge in [-0.25, -0.2) is 0 Å². The second kappa shape index (κ2) is 33.0. The van der Waals surface area contributed by atoms with Crippen molar-refractivity contribution in [3.63, 3.8) is 0 Å². The lowest BCUT2D eigenvalue weighted by molar-refractivity contribution is -0.278. The highest BCUT2D eigenvalue weighted by molar-refractivity contribution is 6.75. The molecule has 600 valence electrons. The van der Waals surface area contributed by atoms with Gasteiger partial charge < -0.3 is 33.5 Å². The van der Waals surface area contributed by atoms with Gasteiger partial charge in [0.25, 0.3) is 0 Å². The van der Waals surface area contributed by atoms with E-state index < -0.39 is 62.2 Å². The number of aliphatic hydroxyl groups excluding tert-OH is 2. The number of rotatable bonds is 16. The minimum atomic E-state index is -5.72. The van der Waals surface area contributed by atoms with Crippen LogP contribution in [0.2, 0.25) is 54.4 Å². The number of fused-ring (bicyclic) bond motifs is 7. The number of carbonyl (C=O) groups is 1. The summed E-state index contributed by atoms with van der Waals surface area (Å²) in [6.45, 7) is 63.7. The molecule has 0 bridgehead atoms. The van der Waals surface area contributed by atoms with Crippen molar-refractivity contribution in [1.29, 1.82) is 0 Å². The molecule has 3 N–H and O–H groups in total. The molecule has 6 fully saturated rings. The third-order valence-corrected chi connectivity index (χ3v) is 42.6. The number of halogens is 5. The molecular weight excluding hydrogens is 1390 g/mol. The first-order chi connectivity index (χ1) is 48.1. The molecule has 8 nitrogen and oxygen atoms in total. The Bertz CT molecular complexity index is 3490. The van der Waals surface area contributed by atoms with Gasteiger partial charge in [-0.2, -0.15) is 22.0 Å². The molecular formula is C90H146F5NO7Si3. The fraction of sp³-hybridized carbons (Fsp3) is 0.744. The maximum Gasteiger partial charge on any atom is 0.455 e. The fourth-order valence-electron chi connectivity index (χ4n) is 19.5. The van der Waals surface area contributed by atoms with Crippen molar-refractivity contribution in [2.75, 3.05) is 13.2 Å². The van der Waals surface area contributed by atoms with Gasteiger partial charge in [-0.15, -0.1) is 0 Å². The standard InChI is InChI=1S/C33H50F5NO3Si.2C28H46O2Si.CH4/c1-21-17-25(22(2)28(18-21)42-43(8,9)30(4,5)6)13-12-24-11-10-16-31(7)26(14-15-27(24)31)23(3)41-19-29(40)39-20-32(34,35)33(36,37)38;1-18-16-20-10-11-21-23-13-12-22(19(2)29)27(23,6)15-14-24(21)28(20,7)25(17-18)30-31(8,9)26(3,4)5;1-19-17-23(20(2)26(18-19)30-31(8,9)27(4,5)6)13-12-22-11-10-16-28(7)24(21(3)29)14-15-25(22)28;/h12-14,21,23,27-28H,2,10-11,15-20H2,1,3-9H3,(H,39,40);10-12,18-19,23-25,29H,13-17H2,1-9H3;12-14,19,21,25-26,29H,2,10-11,15-18H2,1,3-9H3;1H4/b24-12+,25-13-;;22-12+,23-13-;/t21?,23-,27?,28?,31+;18-,19-,23?,24?,25-,27?,28?;19?,21-,25?,26?,28+;/m000./s1. The largest absolute Gasteiger partial charge is 0.455 e. The number of aliphatic hydroxyl groups is 2. The highest BCUT2D eigenvalue weighted by Crippen LogP contribution is 2.66. The molecule has 106 heavy (non-hydrogen) atoms. The Morgan fingerprint density at radius 3 is 1.42 bits per heavy atom. The van der Waals surface area contributed by atoms with Crippen LogP contribution in [0.15, 0.2) is 129 Å². The minimum absolute atomic E-state index is 0. The van der Waals surface area contributed by atoms with Crippen LogP contribution < -0.4 is 5.32 Å². The third-order valence-electron chi connectivity index (χ3n) is 29.2. The smallest absolute Gasteiger partial charge is 0.413 e. The van der Waals surface area contributed by atoms with E-state index in [1.54, 1.807) is 29.0 Å². The fourth-order valence-corrected chi connectivity index (χ4v) is 23.6. The van der Waals surface area contributed by atoms with E-state index in [9.17, 15) is 37.0 Å². The summed E-state index contributed by atoms with van der Waals surface area (Å²) in [5.41, 5.74) is 14.9. The molecule has 10 unspecified atom stereocenters. The SMILES string of the molecule is C.C=C1/C(=C\C=C2/CCC[C@]3(C)C([C@H](C)O)=CCC23)CC(C)CC1O[Si](C)(C)C(C)(C)C.C=C1/C(=C\C=C2/CCC[C@]3(C)C([C@H](C)OCC(=O)NCC(F)(F)C(F)(F)F)=CCC23)CC(C)CC1O[Si](C)(C)C(C)(C)C.C[C@H]1CC2=CC=C3C4CC=C([C@H](C)O)C4(C)CCC3C2(C)[C@@H](O[Si](C)(C)C(C)(C)C)C1. The average Bonchev–Trinajstić information content (AvgIpc) is 1.25. The van der Waals surface area contributed by atoms with Gasteiger partial charge in [-0.05, 0) is 281 Å². The summed E-state index contributed by atoms with van der Waals surface area (Å²) in [5, 5.41) is 22.9. The molecule has 0 heterocycles. The summed E-state index contributed by atoms with van der Waals surface area (Å²) in [5.74, 6) is -2.27. The number of carbonyl (C=O) groups excluding carboxylic acids is 1. The molecule has 0 spiro atoms. The zero-order chi connectivity index (χ0) is 78.8. The van der Waals surface area contributed by atoms with Crippen LogP contribution in [0.5, 0.6) is 0 Å². The van der Waals surface area contributed by atoms with E-state index in [4.69, 9.17) is 18.0 Å². The number of hydrogen-bond acceptors (Lipinski definition) is 7. The Kier molecular flexibility index (Phi) is 28.0. The summed E-state index contributed by atoms with van der Waals surface area (Å²) in [6, 6.07) is 0. The number of hydrogen-bond donors (Lipinski definition) is 3. The number of ether oxygens (including phenoxy) is 1. The van der Waals surface area contributed by atoms with Crippen LogP contribution in [0, 0.1) is 63.1 Å². The lowest BCUT2D eigenvalue weighted by Gasteiger charge is -2.58. The van der Waals surface area contributed by atoms with Crippen molar-refractivity contribution in [3.8, 4) is 0 Å². The Labute approximate surface area is 644 Å². The van der Waals surface area contributed by atoms with Gasteiger partial charge in [0.05, 0.1) is 43.2 Å². The van der Waals surface area contributed by atoms with E-state index in [0.29, 0.717) is 41.6 Å². The zero-order valence-electron chi connectivity index (χ0n) is 69.9. The van der Waals surface area contributed by atoms with Crippen molar-refractivity contribution in [2.45, 2.75) is 351 Å². The summed E-state index contributed by atoms with van der Waals surface area (Å²) >= 11 is 0. The quantitative estimate of drug-likeness (QED) is 0.0803. The highest BCUT2D eigenvalue weighted by Gasteiger charge is 2.60. The first kappa shape index (κ1) is 89.9. The molecule has 1 amide bonds. The van der Waals surface area contributed by atoms with Crippen LogP contribution in [-0.2, 0) is 22.8 Å². The molecule has 0 aromatic carbocycles. The van der Waals surface area contributed by atoms with E-state index in [-0.39, 0.29) is 74.5 Å². The summed E-state index contributed by atoms with van der Waals surface area (Å²) in [4.78, 5) is 12.0. The number of amides is 1. The molecule has 16 heteroatoms. The minimum Gasteiger partial charge on any atom is -0.413 e. The van der Waals surface area contributed by atoms with Gasteiger partial charge >= 0.3 is 12.1 Å². The van der Waals surface area contributed by atoms with Crippen LogP contribution in [0.3, 0.4) is 0 Å². The van der Waals surface area contributed by atoms with E-state index in [1.807, 2.05) is 13.8 Å². The number of alkyl halides is 5. The second-order valence-corrected chi connectivity index (χ2v) is 54.2. The predicted molar refractivity (Wildman–Crippen MR) is 439 cm³/mol. The van der Waals surface area contributed by atoms with Crippen molar-refractivity contribution >= 4 is 30.9 Å². The summed E-state index contributed by atoms with van der Waals surface area (Å²) in [6.07, 6.45) is 33.1. The van der Waals surface area contributed by atoms with Gasteiger partial charge in [0.1, 0.15) is 6.61 Å². The molecule has 0 aliphatic heterocycles. The van der Waals surface area contributed by atoms with E-state index in [2.05, 4.69) is 218 Å². The Morgan fingerprint density at radius 1 is 0.585 bits per heavy atom. The van der Waals surface area contributed by atoms with Gasteiger partial charge in [0, 0.05) is 5.41 Å². The lowest BCUT2D eigenvalue weighted by Crippen LogP contribution is -2.56. The first-order valence-electron chi connectivity index (χ1n) is 40.5. The Morgan fingerprint density at radius 2 is 0.991 bits per heavy atom. The van der Waals surface area contributed by atoms with Crippen molar-refractivity contribution in [1.82, 2.24) is 5.32 Å². The molecule has 0 radical (unpaired) electrons. The molecule has 0 saturated heterocycles. The number of nitrogens with one attached hydrogen (secondary N) is 1. The monoisotopic (exact) mass is 1530 g/mol. The molecule has 6 saturated carbocycles. The van der Waals surface area contributed by atoms with Crippen molar-refractivity contribution < 1.29 is 55.0 Å². The maximum atomic E-state index is 13.1. The number of allylic oxidation sites excluding steroid dienone is 12. The molecule has 0 aromatic rings. The van der Waals surface area contributed by atoms with Gasteiger partial charge in [-0.1, -0.05) is 208 Å². The average molecular weight is 1530 g/mol. The second-order valence-electron chi connectivity index (χ2n) is 40.0. The van der Waals surface area contributed by atoms with Crippen molar-refractivity contribution in [2.24, 2.45) is 63.1 Å². The van der Waals surface area contributed by atoms with E-state index in [0.717, 1.165) is 75.4 Å². The van der Waals surface area contributed by atoms with E-state index >= 15 is 0 Å². The van der Waals surface area contributed by atoms with Crippen LogP contribution >= 0.6 is 0 Å². The maximum absolute atomic E-state index is 13.1. The Hall–Kier alpha value is -3.33. The highest BCUT2D eigenvalue weighted by atomic mass is 28.4. The van der Waals surface area contributed by atoms with Gasteiger partial charge in [0.15, 0.2) is 25.0 Å². The molecule has 10 aliphatic rings. The van der Waals surface area contributed by atoms with Crippen LogP contribution in [0.4, 0.5) is 22.0 Å². The summed E-state index contributed by atoms with van der Waals surface area (Å²) in [7, 11) is -5.64. The summed E-state index contributed by atoms with van der Waals surface area (Å²) < 4.78 is 90.0. The van der Waals surface area contributed by atoms with Crippen LogP contribution in [0.1, 0.15) is 248 Å². The predicted octanol–water partition coefficient (Wildman–Crippen LogP) is 24.9.